The van der Waals surface area contributed by atoms with E-state index in [4.69, 9.17) is 0 Å². The van der Waals surface area contributed by atoms with Crippen molar-refractivity contribution in [3.63, 3.8) is 0 Å². The molecular formula is C23H16FN2O3S-. The summed E-state index contributed by atoms with van der Waals surface area (Å²) in [6, 6.07) is 21.6. The van der Waals surface area contributed by atoms with Crippen LogP contribution in [0.25, 0.3) is 27.9 Å². The lowest BCUT2D eigenvalue weighted by Crippen LogP contribution is -2.23. The Morgan fingerprint density at radius 2 is 1.53 bits per heavy atom. The maximum atomic E-state index is 13.5. The molecule has 0 saturated heterocycles. The van der Waals surface area contributed by atoms with Gasteiger partial charge in [0.25, 0.3) is 5.56 Å². The second kappa shape index (κ2) is 8.52. The van der Waals surface area contributed by atoms with Crippen molar-refractivity contribution in [2.24, 2.45) is 0 Å². The molecule has 0 aliphatic rings. The highest BCUT2D eigenvalue weighted by Crippen LogP contribution is 2.29. The minimum atomic E-state index is -2.18. The lowest BCUT2D eigenvalue weighted by Gasteiger charge is -2.13. The van der Waals surface area contributed by atoms with Crippen molar-refractivity contribution in [1.29, 1.82) is 0 Å². The fourth-order valence-corrected chi connectivity index (χ4v) is 3.70. The van der Waals surface area contributed by atoms with Gasteiger partial charge in [0.05, 0.1) is 17.4 Å². The molecule has 0 fully saturated rings. The van der Waals surface area contributed by atoms with Gasteiger partial charge in [0.15, 0.2) is 0 Å². The highest BCUT2D eigenvalue weighted by Gasteiger charge is 2.16. The summed E-state index contributed by atoms with van der Waals surface area (Å²) in [4.78, 5) is 13.4. The lowest BCUT2D eigenvalue weighted by molar-refractivity contribution is 0.536. The van der Waals surface area contributed by atoms with Crippen LogP contribution in [0.3, 0.4) is 0 Å². The second-order valence-corrected chi connectivity index (χ2v) is 7.53. The Bertz CT molecular complexity index is 1250. The van der Waals surface area contributed by atoms with Gasteiger partial charge in [0.2, 0.25) is 0 Å². The van der Waals surface area contributed by atoms with E-state index in [2.05, 4.69) is 5.10 Å². The first-order chi connectivity index (χ1) is 14.5. The standard InChI is InChI=1S/C23H17FN2O3S/c24-19-12-10-18(11-13-19)22-21(17-8-6-16(7-9-17)15-30(28)29)14-25-26(23(22)27)20-4-2-1-3-5-20/h1-14H,15H2,(H,28,29)/p-1. The molecule has 4 rings (SSSR count). The van der Waals surface area contributed by atoms with Crippen molar-refractivity contribution in [2.75, 3.05) is 0 Å². The van der Waals surface area contributed by atoms with E-state index in [9.17, 15) is 17.9 Å². The van der Waals surface area contributed by atoms with Crippen molar-refractivity contribution >= 4 is 11.1 Å². The Hall–Kier alpha value is -3.42. The Morgan fingerprint density at radius 1 is 0.900 bits per heavy atom. The monoisotopic (exact) mass is 419 g/mol. The van der Waals surface area contributed by atoms with E-state index in [1.54, 1.807) is 54.7 Å². The first-order valence-corrected chi connectivity index (χ1v) is 10.4. The van der Waals surface area contributed by atoms with E-state index in [1.807, 2.05) is 18.2 Å². The molecule has 0 spiro atoms. The molecule has 1 aromatic heterocycles. The molecule has 0 aliphatic carbocycles. The molecule has 0 bridgehead atoms. The summed E-state index contributed by atoms with van der Waals surface area (Å²) in [5, 5.41) is 4.33. The van der Waals surface area contributed by atoms with Crippen LogP contribution in [-0.4, -0.2) is 18.5 Å². The minimum Gasteiger partial charge on any atom is -0.772 e. The SMILES string of the molecule is O=c1c(-c2ccc(F)cc2)c(-c2ccc(CS(=O)[O-])cc2)cnn1-c1ccccc1. The molecule has 4 aromatic rings. The summed E-state index contributed by atoms with van der Waals surface area (Å²) in [5.41, 5.74) is 3.15. The number of hydrogen-bond acceptors (Lipinski definition) is 4. The van der Waals surface area contributed by atoms with Gasteiger partial charge in [-0.2, -0.15) is 9.78 Å². The molecule has 5 nitrogen and oxygen atoms in total. The summed E-state index contributed by atoms with van der Waals surface area (Å²) in [6.07, 6.45) is 1.59. The summed E-state index contributed by atoms with van der Waals surface area (Å²) in [6.45, 7) is 0. The summed E-state index contributed by atoms with van der Waals surface area (Å²) >= 11 is -2.18. The molecular weight excluding hydrogens is 403 g/mol. The molecule has 3 aromatic carbocycles. The zero-order valence-corrected chi connectivity index (χ0v) is 16.5. The van der Waals surface area contributed by atoms with E-state index in [0.717, 1.165) is 0 Å². The van der Waals surface area contributed by atoms with Gasteiger partial charge in [-0.3, -0.25) is 9.00 Å². The number of rotatable bonds is 5. The maximum absolute atomic E-state index is 13.5. The Morgan fingerprint density at radius 3 is 2.17 bits per heavy atom. The minimum absolute atomic E-state index is 0.0844. The van der Waals surface area contributed by atoms with E-state index in [0.29, 0.717) is 33.5 Å². The number of benzene rings is 3. The molecule has 1 unspecified atom stereocenters. The predicted molar refractivity (Wildman–Crippen MR) is 113 cm³/mol. The Balaban J connectivity index is 1.90. The summed E-state index contributed by atoms with van der Waals surface area (Å²) in [7, 11) is 0. The van der Waals surface area contributed by atoms with Crippen molar-refractivity contribution in [3.05, 3.63) is 107 Å². The van der Waals surface area contributed by atoms with E-state index < -0.39 is 16.9 Å². The average Bonchev–Trinajstić information content (AvgIpc) is 2.75. The van der Waals surface area contributed by atoms with Crippen LogP contribution >= 0.6 is 0 Å². The van der Waals surface area contributed by atoms with Crippen LogP contribution in [0.1, 0.15) is 5.56 Å². The molecule has 1 heterocycles. The number of para-hydroxylation sites is 1. The second-order valence-electron chi connectivity index (χ2n) is 6.64. The fraction of sp³-hybridized carbons (Fsp3) is 0.0435. The third kappa shape index (κ3) is 4.12. The number of hydrogen-bond donors (Lipinski definition) is 0. The summed E-state index contributed by atoms with van der Waals surface area (Å²) < 4.78 is 36.6. The zero-order chi connectivity index (χ0) is 21.1. The zero-order valence-electron chi connectivity index (χ0n) is 15.7. The van der Waals surface area contributed by atoms with E-state index >= 15 is 0 Å². The van der Waals surface area contributed by atoms with Gasteiger partial charge in [-0.15, -0.1) is 0 Å². The van der Waals surface area contributed by atoms with Crippen LogP contribution < -0.4 is 5.56 Å². The molecule has 0 amide bonds. The van der Waals surface area contributed by atoms with Crippen molar-refractivity contribution in [1.82, 2.24) is 9.78 Å². The van der Waals surface area contributed by atoms with Gasteiger partial charge < -0.3 is 4.55 Å². The average molecular weight is 419 g/mol. The molecule has 0 saturated carbocycles. The number of nitrogens with zero attached hydrogens (tertiary/aromatic N) is 2. The van der Waals surface area contributed by atoms with Gasteiger partial charge in [-0.1, -0.05) is 65.7 Å². The molecule has 0 N–H and O–H groups in total. The van der Waals surface area contributed by atoms with Crippen molar-refractivity contribution in [2.45, 2.75) is 5.75 Å². The first-order valence-electron chi connectivity index (χ1n) is 9.12. The molecule has 1 atom stereocenters. The van der Waals surface area contributed by atoms with Gasteiger partial charge in [-0.25, -0.2) is 4.39 Å². The third-order valence-electron chi connectivity index (χ3n) is 4.66. The molecule has 30 heavy (non-hydrogen) atoms. The first kappa shape index (κ1) is 19.9. The van der Waals surface area contributed by atoms with E-state index in [1.165, 1.54) is 16.8 Å². The molecule has 0 aliphatic heterocycles. The molecule has 150 valence electrons. The van der Waals surface area contributed by atoms with Crippen molar-refractivity contribution in [3.8, 4) is 27.9 Å². The Labute approximate surface area is 174 Å². The maximum Gasteiger partial charge on any atom is 0.279 e. The highest BCUT2D eigenvalue weighted by molar-refractivity contribution is 7.78. The topological polar surface area (TPSA) is 75.0 Å². The largest absolute Gasteiger partial charge is 0.772 e. The number of halogens is 1. The summed E-state index contributed by atoms with van der Waals surface area (Å²) in [5.74, 6) is -0.480. The van der Waals surface area contributed by atoms with Crippen LogP contribution in [-0.2, 0) is 16.8 Å². The predicted octanol–water partition coefficient (Wildman–Crippen LogP) is 4.08. The van der Waals surface area contributed by atoms with Crippen LogP contribution in [0.2, 0.25) is 0 Å². The Kier molecular flexibility index (Phi) is 5.65. The van der Waals surface area contributed by atoms with Crippen LogP contribution in [0.5, 0.6) is 0 Å². The van der Waals surface area contributed by atoms with Crippen molar-refractivity contribution < 1.29 is 13.2 Å². The van der Waals surface area contributed by atoms with Crippen LogP contribution in [0.15, 0.2) is 89.9 Å². The van der Waals surface area contributed by atoms with Gasteiger partial charge in [0, 0.05) is 11.3 Å². The smallest absolute Gasteiger partial charge is 0.279 e. The molecule has 0 radical (unpaired) electrons. The highest BCUT2D eigenvalue weighted by atomic mass is 32.2. The van der Waals surface area contributed by atoms with Crippen LogP contribution in [0, 0.1) is 5.82 Å². The fourth-order valence-electron chi connectivity index (χ4n) is 3.24. The number of aromatic nitrogens is 2. The van der Waals surface area contributed by atoms with E-state index in [-0.39, 0.29) is 11.3 Å². The quantitative estimate of drug-likeness (QED) is 0.457. The van der Waals surface area contributed by atoms with Gasteiger partial charge in [-0.05, 0) is 41.0 Å². The molecule has 7 heteroatoms. The van der Waals surface area contributed by atoms with Gasteiger partial charge in [0.1, 0.15) is 5.82 Å². The third-order valence-corrected chi connectivity index (χ3v) is 5.23. The normalized spacial score (nSPS) is 11.9. The van der Waals surface area contributed by atoms with Crippen LogP contribution in [0.4, 0.5) is 4.39 Å². The van der Waals surface area contributed by atoms with Gasteiger partial charge >= 0.3 is 0 Å². The lowest BCUT2D eigenvalue weighted by atomic mass is 9.96.